The maximum absolute atomic E-state index is 12.9. The van der Waals surface area contributed by atoms with Crippen LogP contribution in [-0.4, -0.2) is 20.0 Å². The van der Waals surface area contributed by atoms with Crippen molar-refractivity contribution < 1.29 is 57.4 Å². The summed E-state index contributed by atoms with van der Waals surface area (Å²) in [6.07, 6.45) is 5.01. The second kappa shape index (κ2) is 12.3. The normalized spacial score (nSPS) is 12.7. The van der Waals surface area contributed by atoms with Gasteiger partial charge in [0.05, 0.1) is 0 Å². The maximum Gasteiger partial charge on any atom is 1.00 e. The molecule has 0 spiro atoms. The summed E-state index contributed by atoms with van der Waals surface area (Å²) < 4.78 is 36.8. The maximum atomic E-state index is 12.9. The van der Waals surface area contributed by atoms with Crippen LogP contribution < -0.4 is 37.9 Å². The Kier molecular flexibility index (Phi) is 8.56. The number of ketones is 2. The molecule has 1 aliphatic rings. The third-order valence-corrected chi connectivity index (χ3v) is 7.39. The molecule has 6 nitrogen and oxygen atoms in total. The van der Waals surface area contributed by atoms with Crippen molar-refractivity contribution in [3.63, 3.8) is 0 Å². The largest absolute Gasteiger partial charge is 1.00 e. The number of hydrogen-bond donors (Lipinski definition) is 0. The summed E-state index contributed by atoms with van der Waals surface area (Å²) in [5.41, 5.74) is 0. The van der Waals surface area contributed by atoms with Gasteiger partial charge in [0.2, 0.25) is 0 Å². The first kappa shape index (κ1) is 29.2. The van der Waals surface area contributed by atoms with Crippen LogP contribution in [0.4, 0.5) is 0 Å². The van der Waals surface area contributed by atoms with Crippen molar-refractivity contribution in [2.24, 2.45) is 0 Å². The van der Waals surface area contributed by atoms with Crippen LogP contribution in [0.1, 0.15) is 1.43 Å². The van der Waals surface area contributed by atoms with Gasteiger partial charge < -0.3 is 9.79 Å². The van der Waals surface area contributed by atoms with Gasteiger partial charge in [0.1, 0.15) is 0 Å². The molecule has 0 heterocycles. The molecule has 0 aromatic heterocycles. The van der Waals surface area contributed by atoms with Crippen LogP contribution in [0, 0.1) is 0 Å². The number of benzene rings is 6. The van der Waals surface area contributed by atoms with Gasteiger partial charge in [-0.15, -0.1) is 8.42 Å². The van der Waals surface area contributed by atoms with Crippen LogP contribution in [-0.2, 0) is 20.0 Å². The molecule has 0 amide bonds. The van der Waals surface area contributed by atoms with Gasteiger partial charge >= 0.3 is 40.0 Å². The molecule has 0 atom stereocenters. The molecule has 1 aliphatic carbocycles. The minimum Gasteiger partial charge on any atom is -1.00 e. The predicted molar refractivity (Wildman–Crippen MR) is 162 cm³/mol. The standard InChI is InChI=1S/C28H18O4S.C6H4O2.Na.H/c29-33(30,31-27-13-5-11-23-15-19-7-1-3-9-21(19)17-25(23)27)32-28-14-6-12-24-16-20-8-2-4-10-22(20)18-26(24)28;7-5-1-2-6(8)4-3-5;;/h1-18H;1-4H;;/q;;+1;-1. The topological polar surface area (TPSA) is 86.7 Å². The van der Waals surface area contributed by atoms with Crippen molar-refractivity contribution in [2.45, 2.75) is 0 Å². The average Bonchev–Trinajstić information content (AvgIpc) is 2.97. The van der Waals surface area contributed by atoms with E-state index >= 15 is 0 Å². The molecular weight excluding hydrogens is 559 g/mol. The second-order valence-corrected chi connectivity index (χ2v) is 10.5. The molecule has 6 aromatic carbocycles. The fourth-order valence-corrected chi connectivity index (χ4v) is 5.46. The predicted octanol–water partition coefficient (Wildman–Crippen LogP) is 4.37. The van der Waals surface area contributed by atoms with E-state index in [2.05, 4.69) is 0 Å². The molecule has 0 radical (unpaired) electrons. The molecule has 0 bridgehead atoms. The van der Waals surface area contributed by atoms with Crippen molar-refractivity contribution in [3.8, 4) is 11.5 Å². The number of hydrogen-bond acceptors (Lipinski definition) is 6. The second-order valence-electron chi connectivity index (χ2n) is 9.40. The van der Waals surface area contributed by atoms with Crippen molar-refractivity contribution >= 4 is 65.1 Å². The van der Waals surface area contributed by atoms with E-state index in [0.717, 1.165) is 32.3 Å². The number of fused-ring (bicyclic) bond motifs is 4. The Bertz CT molecular complexity index is 2010. The van der Waals surface area contributed by atoms with Crippen molar-refractivity contribution in [2.75, 3.05) is 0 Å². The SMILES string of the molecule is O=C1C=CC(=O)C=C1.O=S(=O)(Oc1cccc2cc3ccccc3cc12)Oc1cccc2cc3ccccc3cc12.[H-].[Na+]. The van der Waals surface area contributed by atoms with Crippen molar-refractivity contribution in [1.82, 2.24) is 0 Å². The van der Waals surface area contributed by atoms with Gasteiger partial charge in [-0.2, -0.15) is 0 Å². The van der Waals surface area contributed by atoms with E-state index in [-0.39, 0.29) is 54.0 Å². The van der Waals surface area contributed by atoms with E-state index in [1.165, 1.54) is 24.3 Å². The van der Waals surface area contributed by atoms with Gasteiger partial charge in [0.25, 0.3) is 0 Å². The molecule has 42 heavy (non-hydrogen) atoms. The Morgan fingerprint density at radius 2 is 0.786 bits per heavy atom. The van der Waals surface area contributed by atoms with E-state index < -0.39 is 10.4 Å². The zero-order valence-electron chi connectivity index (χ0n) is 23.6. The molecule has 0 unspecified atom stereocenters. The number of allylic oxidation sites excluding steroid dienone is 4. The zero-order chi connectivity index (χ0) is 28.4. The summed E-state index contributed by atoms with van der Waals surface area (Å²) in [6, 6.07) is 34.4. The van der Waals surface area contributed by atoms with Gasteiger partial charge in [-0.25, -0.2) is 0 Å². The van der Waals surface area contributed by atoms with E-state index in [0.29, 0.717) is 10.8 Å². The number of carbonyl (C=O) groups excluding carboxylic acids is 2. The number of rotatable bonds is 4. The van der Waals surface area contributed by atoms with Crippen LogP contribution in [0.5, 0.6) is 11.5 Å². The van der Waals surface area contributed by atoms with E-state index in [4.69, 9.17) is 8.37 Å². The Balaban J connectivity index is 0.000000371. The van der Waals surface area contributed by atoms with Crippen LogP contribution >= 0.6 is 0 Å². The molecule has 0 N–H and O–H groups in total. The molecule has 0 saturated carbocycles. The number of carbonyl (C=O) groups is 2. The minimum absolute atomic E-state index is 0. The Hall–Kier alpha value is -4.27. The molecular formula is C34H23NaO6S. The summed E-state index contributed by atoms with van der Waals surface area (Å²) in [4.78, 5) is 20.6. The average molecular weight is 583 g/mol. The fraction of sp³-hybridized carbons (Fsp3) is 0. The van der Waals surface area contributed by atoms with Crippen molar-refractivity contribution in [1.29, 1.82) is 0 Å². The summed E-state index contributed by atoms with van der Waals surface area (Å²) >= 11 is 0. The molecule has 202 valence electrons. The van der Waals surface area contributed by atoms with Gasteiger partial charge in [0.15, 0.2) is 23.1 Å². The van der Waals surface area contributed by atoms with Gasteiger partial charge in [-0.1, -0.05) is 72.8 Å². The minimum atomic E-state index is -4.38. The van der Waals surface area contributed by atoms with E-state index in [1.807, 2.05) is 84.9 Å². The Morgan fingerprint density at radius 3 is 1.17 bits per heavy atom. The molecule has 8 heteroatoms. The van der Waals surface area contributed by atoms with Gasteiger partial charge in [0, 0.05) is 10.8 Å². The quantitative estimate of drug-likeness (QED) is 0.174. The summed E-state index contributed by atoms with van der Waals surface area (Å²) in [5.74, 6) is 0.210. The summed E-state index contributed by atoms with van der Waals surface area (Å²) in [7, 11) is -4.38. The van der Waals surface area contributed by atoms with E-state index in [9.17, 15) is 18.0 Å². The summed E-state index contributed by atoms with van der Waals surface area (Å²) in [6.45, 7) is 0. The Labute approximate surface area is 266 Å². The van der Waals surface area contributed by atoms with E-state index in [1.54, 1.807) is 24.3 Å². The van der Waals surface area contributed by atoms with Gasteiger partial charge in [-0.3, -0.25) is 9.59 Å². The first-order chi connectivity index (χ1) is 19.8. The molecule has 0 aliphatic heterocycles. The first-order valence-electron chi connectivity index (χ1n) is 12.8. The zero-order valence-corrected chi connectivity index (χ0v) is 25.4. The summed E-state index contributed by atoms with van der Waals surface area (Å²) in [5, 5.41) is 7.32. The van der Waals surface area contributed by atoms with Crippen molar-refractivity contribution in [3.05, 3.63) is 133 Å². The van der Waals surface area contributed by atoms with Crippen LogP contribution in [0.2, 0.25) is 0 Å². The molecule has 0 saturated heterocycles. The third kappa shape index (κ3) is 6.45. The molecule has 6 aromatic rings. The molecule has 0 fully saturated rings. The van der Waals surface area contributed by atoms with Crippen LogP contribution in [0.25, 0.3) is 43.1 Å². The fourth-order valence-electron chi connectivity index (χ4n) is 4.70. The smallest absolute Gasteiger partial charge is 1.00 e. The van der Waals surface area contributed by atoms with Gasteiger partial charge in [-0.05, 0) is 93.0 Å². The van der Waals surface area contributed by atoms with Crippen LogP contribution in [0.3, 0.4) is 0 Å². The monoisotopic (exact) mass is 582 g/mol. The Morgan fingerprint density at radius 1 is 0.452 bits per heavy atom. The van der Waals surface area contributed by atoms with Crippen LogP contribution in [0.15, 0.2) is 133 Å². The third-order valence-electron chi connectivity index (χ3n) is 6.62. The first-order valence-corrected chi connectivity index (χ1v) is 14.1. The molecule has 7 rings (SSSR count).